The molecule has 0 aliphatic rings. The van der Waals surface area contributed by atoms with E-state index in [9.17, 15) is 13.2 Å². The Balaban J connectivity index is 3.33. The van der Waals surface area contributed by atoms with Crippen LogP contribution < -0.4 is 11.3 Å². The zero-order chi connectivity index (χ0) is 14.8. The first-order valence-electron chi connectivity index (χ1n) is 5.48. The van der Waals surface area contributed by atoms with Gasteiger partial charge in [0.05, 0.1) is 11.1 Å². The highest BCUT2D eigenvalue weighted by atomic mass is 79.9. The number of hydrogen-bond donors (Lipinski definition) is 2. The first-order chi connectivity index (χ1) is 8.54. The van der Waals surface area contributed by atoms with Crippen molar-refractivity contribution in [3.63, 3.8) is 0 Å². The second-order valence-corrected chi connectivity index (χ2v) is 5.82. The van der Waals surface area contributed by atoms with E-state index < -0.39 is 17.3 Å². The van der Waals surface area contributed by atoms with E-state index in [0.717, 1.165) is 6.07 Å². The van der Waals surface area contributed by atoms with Crippen LogP contribution in [0.1, 0.15) is 31.9 Å². The summed E-state index contributed by atoms with van der Waals surface area (Å²) in [4.78, 5) is 4.25. The largest absolute Gasteiger partial charge is 0.417 e. The summed E-state index contributed by atoms with van der Waals surface area (Å²) in [6, 6.07) is 3.85. The molecule has 1 aromatic rings. The van der Waals surface area contributed by atoms with Crippen LogP contribution in [0.5, 0.6) is 0 Å². The molecule has 0 atom stereocenters. The predicted molar refractivity (Wildman–Crippen MR) is 72.8 cm³/mol. The normalized spacial score (nSPS) is 13.6. The molecule has 0 aliphatic heterocycles. The highest BCUT2D eigenvalue weighted by molar-refractivity contribution is 9.10. The number of nitrogens with one attached hydrogen (secondary N) is 1. The summed E-state index contributed by atoms with van der Waals surface area (Å²) in [5.41, 5.74) is 1.41. The molecular weight excluding hydrogens is 323 g/mol. The fraction of sp³-hybridized carbons (Fsp3) is 0.417. The summed E-state index contributed by atoms with van der Waals surface area (Å²) in [5, 5.41) is 0. The van der Waals surface area contributed by atoms with Crippen LogP contribution in [0, 0.1) is 0 Å². The van der Waals surface area contributed by atoms with Gasteiger partial charge in [-0.25, -0.2) is 5.84 Å². The summed E-state index contributed by atoms with van der Waals surface area (Å²) < 4.78 is 38.4. The average Bonchev–Trinajstić information content (AvgIpc) is 2.24. The summed E-state index contributed by atoms with van der Waals surface area (Å²) in [6.07, 6.45) is -4.43. The molecule has 0 saturated heterocycles. The lowest BCUT2D eigenvalue weighted by Gasteiger charge is -2.17. The van der Waals surface area contributed by atoms with Crippen molar-refractivity contribution in [3.05, 3.63) is 33.8 Å². The van der Waals surface area contributed by atoms with Gasteiger partial charge in [-0.15, -0.1) is 0 Å². The van der Waals surface area contributed by atoms with Crippen LogP contribution in [0.4, 0.5) is 13.2 Å². The van der Waals surface area contributed by atoms with E-state index in [4.69, 9.17) is 5.84 Å². The topological polar surface area (TPSA) is 50.4 Å². The minimum Gasteiger partial charge on any atom is -0.308 e. The lowest BCUT2D eigenvalue weighted by atomic mass is 10.1. The van der Waals surface area contributed by atoms with Gasteiger partial charge in [-0.05, 0) is 32.9 Å². The van der Waals surface area contributed by atoms with Crippen LogP contribution in [0.25, 0.3) is 0 Å². The molecule has 19 heavy (non-hydrogen) atoms. The number of nitrogens with two attached hydrogens (primary N) is 1. The summed E-state index contributed by atoms with van der Waals surface area (Å²) in [6.45, 7) is 5.48. The van der Waals surface area contributed by atoms with Gasteiger partial charge >= 0.3 is 6.18 Å². The van der Waals surface area contributed by atoms with Gasteiger partial charge in [-0.2, -0.15) is 13.2 Å². The van der Waals surface area contributed by atoms with Gasteiger partial charge < -0.3 is 5.43 Å². The molecule has 0 spiro atoms. The van der Waals surface area contributed by atoms with E-state index in [2.05, 4.69) is 26.3 Å². The SMILES string of the molecule is CC(C)(C)N=C(NN)c1ccc(Br)c(C(F)(F)F)c1. The lowest BCUT2D eigenvalue weighted by molar-refractivity contribution is -0.138. The van der Waals surface area contributed by atoms with Crippen LogP contribution in [0.2, 0.25) is 0 Å². The molecule has 106 valence electrons. The molecule has 0 aromatic heterocycles. The third-order valence-electron chi connectivity index (χ3n) is 2.13. The molecular formula is C12H15BrF3N3. The zero-order valence-corrected chi connectivity index (χ0v) is 12.4. The number of hydrazine groups is 1. The maximum absolute atomic E-state index is 12.8. The molecule has 0 radical (unpaired) electrons. The monoisotopic (exact) mass is 337 g/mol. The summed E-state index contributed by atoms with van der Waals surface area (Å²) in [7, 11) is 0. The molecule has 3 nitrogen and oxygen atoms in total. The second-order valence-electron chi connectivity index (χ2n) is 4.97. The van der Waals surface area contributed by atoms with Crippen molar-refractivity contribution < 1.29 is 13.2 Å². The third-order valence-corrected chi connectivity index (χ3v) is 2.82. The van der Waals surface area contributed by atoms with Crippen molar-refractivity contribution in [2.45, 2.75) is 32.5 Å². The molecule has 3 N–H and O–H groups in total. The van der Waals surface area contributed by atoms with E-state index in [1.165, 1.54) is 12.1 Å². The minimum atomic E-state index is -4.43. The summed E-state index contributed by atoms with van der Waals surface area (Å²) in [5.74, 6) is 5.55. The second kappa shape index (κ2) is 5.50. The Kier molecular flexibility index (Phi) is 4.63. The maximum Gasteiger partial charge on any atom is 0.417 e. The van der Waals surface area contributed by atoms with Crippen LogP contribution >= 0.6 is 15.9 Å². The summed E-state index contributed by atoms with van der Waals surface area (Å²) >= 11 is 2.89. The molecule has 0 amide bonds. The van der Waals surface area contributed by atoms with Crippen molar-refractivity contribution in [2.75, 3.05) is 0 Å². The number of halogens is 4. The number of nitrogens with zero attached hydrogens (tertiary/aromatic N) is 1. The van der Waals surface area contributed by atoms with E-state index in [1.807, 2.05) is 20.8 Å². The Morgan fingerprint density at radius 2 is 1.84 bits per heavy atom. The molecule has 0 unspecified atom stereocenters. The third kappa shape index (κ3) is 4.50. The van der Waals surface area contributed by atoms with Gasteiger partial charge in [-0.3, -0.25) is 4.99 Å². The minimum absolute atomic E-state index is 0.0177. The van der Waals surface area contributed by atoms with Gasteiger partial charge in [-0.1, -0.05) is 22.0 Å². The lowest BCUT2D eigenvalue weighted by Crippen LogP contribution is -2.33. The quantitative estimate of drug-likeness (QED) is 0.357. The zero-order valence-electron chi connectivity index (χ0n) is 10.8. The first kappa shape index (κ1) is 16.0. The first-order valence-corrected chi connectivity index (χ1v) is 6.27. The average molecular weight is 338 g/mol. The Labute approximate surface area is 118 Å². The van der Waals surface area contributed by atoms with Gasteiger partial charge in [0.2, 0.25) is 0 Å². The number of benzene rings is 1. The standard InChI is InChI=1S/C12H15BrF3N3/c1-11(2,3)18-10(19-17)7-4-5-9(13)8(6-7)12(14,15)16/h4-6H,17H2,1-3H3,(H,18,19). The number of hydrogen-bond acceptors (Lipinski definition) is 2. The van der Waals surface area contributed by atoms with Gasteiger partial charge in [0.25, 0.3) is 0 Å². The molecule has 0 bridgehead atoms. The highest BCUT2D eigenvalue weighted by Gasteiger charge is 2.33. The van der Waals surface area contributed by atoms with Gasteiger partial charge in [0.1, 0.15) is 5.84 Å². The molecule has 7 heteroatoms. The van der Waals surface area contributed by atoms with Crippen LogP contribution in [0.15, 0.2) is 27.7 Å². The van der Waals surface area contributed by atoms with Crippen LogP contribution in [-0.2, 0) is 6.18 Å². The Hall–Kier alpha value is -1.08. The molecule has 0 aliphatic carbocycles. The molecule has 0 heterocycles. The van der Waals surface area contributed by atoms with Crippen molar-refractivity contribution >= 4 is 21.8 Å². The maximum atomic E-state index is 12.8. The Bertz CT molecular complexity index is 490. The van der Waals surface area contributed by atoms with Gasteiger partial charge in [0, 0.05) is 10.0 Å². The number of aliphatic imine (C=N–C) groups is 1. The van der Waals surface area contributed by atoms with Gasteiger partial charge in [0.15, 0.2) is 0 Å². The molecule has 1 aromatic carbocycles. The van der Waals surface area contributed by atoms with E-state index in [0.29, 0.717) is 0 Å². The van der Waals surface area contributed by atoms with Crippen LogP contribution in [-0.4, -0.2) is 11.4 Å². The van der Waals surface area contributed by atoms with E-state index in [1.54, 1.807) is 0 Å². The Morgan fingerprint density at radius 3 is 2.26 bits per heavy atom. The highest BCUT2D eigenvalue weighted by Crippen LogP contribution is 2.35. The Morgan fingerprint density at radius 1 is 1.26 bits per heavy atom. The number of rotatable bonds is 1. The van der Waals surface area contributed by atoms with Crippen molar-refractivity contribution in [1.82, 2.24) is 5.43 Å². The van der Waals surface area contributed by atoms with Crippen molar-refractivity contribution in [3.8, 4) is 0 Å². The molecule has 1 rings (SSSR count). The molecule has 0 fully saturated rings. The smallest absolute Gasteiger partial charge is 0.308 e. The fourth-order valence-corrected chi connectivity index (χ4v) is 1.88. The number of alkyl halides is 3. The van der Waals surface area contributed by atoms with Crippen LogP contribution in [0.3, 0.4) is 0 Å². The number of amidine groups is 1. The van der Waals surface area contributed by atoms with E-state index >= 15 is 0 Å². The predicted octanol–water partition coefficient (Wildman–Crippen LogP) is 3.48. The van der Waals surface area contributed by atoms with E-state index in [-0.39, 0.29) is 15.9 Å². The fourth-order valence-electron chi connectivity index (χ4n) is 1.41. The molecule has 0 saturated carbocycles. The van der Waals surface area contributed by atoms with Crippen molar-refractivity contribution in [1.29, 1.82) is 0 Å². The van der Waals surface area contributed by atoms with Crippen molar-refractivity contribution in [2.24, 2.45) is 10.8 Å².